The third-order valence-corrected chi connectivity index (χ3v) is 4.64. The van der Waals surface area contributed by atoms with Gasteiger partial charge in [-0.15, -0.1) is 0 Å². The summed E-state index contributed by atoms with van der Waals surface area (Å²) in [4.78, 5) is 3.24. The zero-order valence-electron chi connectivity index (χ0n) is 11.8. The molecule has 1 fully saturated rings. The standard InChI is InChI=1S/C17H24N2/c1-13-4-2-3-5-16(13)12-18-11-14-6-7-17-15(10-14)8-9-19-17/h6-10,13,16,18-19H,2-5,11-12H2,1H3. The number of hydrogen-bond donors (Lipinski definition) is 2. The van der Waals surface area contributed by atoms with E-state index < -0.39 is 0 Å². The average molecular weight is 256 g/mol. The first-order chi connectivity index (χ1) is 9.33. The van der Waals surface area contributed by atoms with Crippen LogP contribution in [0.15, 0.2) is 30.5 Å². The predicted molar refractivity (Wildman–Crippen MR) is 81.1 cm³/mol. The Bertz CT molecular complexity index is 529. The highest BCUT2D eigenvalue weighted by Crippen LogP contribution is 2.28. The molecule has 2 aromatic rings. The summed E-state index contributed by atoms with van der Waals surface area (Å²) in [6.45, 7) is 4.58. The van der Waals surface area contributed by atoms with Crippen LogP contribution in [-0.2, 0) is 6.54 Å². The number of aromatic amines is 1. The minimum absolute atomic E-state index is 0.879. The fourth-order valence-corrected chi connectivity index (χ4v) is 3.31. The Kier molecular flexibility index (Phi) is 3.88. The summed E-state index contributed by atoms with van der Waals surface area (Å²) in [5.74, 6) is 1.78. The highest BCUT2D eigenvalue weighted by molar-refractivity contribution is 5.79. The smallest absolute Gasteiger partial charge is 0.0454 e. The van der Waals surface area contributed by atoms with E-state index >= 15 is 0 Å². The zero-order chi connectivity index (χ0) is 13.1. The molecular formula is C17H24N2. The zero-order valence-corrected chi connectivity index (χ0v) is 11.8. The molecule has 2 N–H and O–H groups in total. The molecule has 19 heavy (non-hydrogen) atoms. The fourth-order valence-electron chi connectivity index (χ4n) is 3.31. The van der Waals surface area contributed by atoms with E-state index in [1.54, 1.807) is 0 Å². The van der Waals surface area contributed by atoms with E-state index in [2.05, 4.69) is 41.5 Å². The number of rotatable bonds is 4. The minimum Gasteiger partial charge on any atom is -0.361 e. The molecule has 102 valence electrons. The molecule has 0 amide bonds. The quantitative estimate of drug-likeness (QED) is 0.847. The van der Waals surface area contributed by atoms with Gasteiger partial charge in [-0.2, -0.15) is 0 Å². The summed E-state index contributed by atoms with van der Waals surface area (Å²) in [5.41, 5.74) is 2.61. The van der Waals surface area contributed by atoms with E-state index in [4.69, 9.17) is 0 Å². The lowest BCUT2D eigenvalue weighted by Crippen LogP contribution is -2.29. The Morgan fingerprint density at radius 3 is 3.00 bits per heavy atom. The fraction of sp³-hybridized carbons (Fsp3) is 0.529. The van der Waals surface area contributed by atoms with E-state index in [0.29, 0.717) is 0 Å². The second kappa shape index (κ2) is 5.79. The van der Waals surface area contributed by atoms with Crippen molar-refractivity contribution in [3.63, 3.8) is 0 Å². The van der Waals surface area contributed by atoms with Crippen LogP contribution in [0.5, 0.6) is 0 Å². The van der Waals surface area contributed by atoms with Crippen LogP contribution in [0, 0.1) is 11.8 Å². The number of fused-ring (bicyclic) bond motifs is 1. The average Bonchev–Trinajstić information content (AvgIpc) is 2.88. The Labute approximate surface area is 115 Å². The van der Waals surface area contributed by atoms with Crippen LogP contribution in [-0.4, -0.2) is 11.5 Å². The van der Waals surface area contributed by atoms with Crippen molar-refractivity contribution < 1.29 is 0 Å². The van der Waals surface area contributed by atoms with Crippen LogP contribution in [0.1, 0.15) is 38.2 Å². The van der Waals surface area contributed by atoms with Gasteiger partial charge in [-0.05, 0) is 54.0 Å². The molecule has 2 atom stereocenters. The van der Waals surface area contributed by atoms with Crippen LogP contribution in [0.3, 0.4) is 0 Å². The highest BCUT2D eigenvalue weighted by Gasteiger charge is 2.20. The number of nitrogens with one attached hydrogen (secondary N) is 2. The topological polar surface area (TPSA) is 27.8 Å². The van der Waals surface area contributed by atoms with Crippen LogP contribution in [0.2, 0.25) is 0 Å². The third kappa shape index (κ3) is 3.01. The molecular weight excluding hydrogens is 232 g/mol. The first kappa shape index (κ1) is 12.7. The van der Waals surface area contributed by atoms with Crippen molar-refractivity contribution >= 4 is 10.9 Å². The van der Waals surface area contributed by atoms with E-state index in [1.807, 2.05) is 6.20 Å². The second-order valence-electron chi connectivity index (χ2n) is 6.05. The summed E-state index contributed by atoms with van der Waals surface area (Å²) in [5, 5.41) is 4.96. The van der Waals surface area contributed by atoms with Gasteiger partial charge in [0.05, 0.1) is 0 Å². The van der Waals surface area contributed by atoms with Crippen molar-refractivity contribution in [2.45, 2.75) is 39.2 Å². The van der Waals surface area contributed by atoms with Gasteiger partial charge in [-0.3, -0.25) is 0 Å². The number of aromatic nitrogens is 1. The molecule has 1 aliphatic carbocycles. The maximum absolute atomic E-state index is 3.65. The molecule has 3 rings (SSSR count). The van der Waals surface area contributed by atoms with E-state index in [-0.39, 0.29) is 0 Å². The molecule has 2 unspecified atom stereocenters. The molecule has 1 heterocycles. The largest absolute Gasteiger partial charge is 0.361 e. The number of H-pyrrole nitrogens is 1. The summed E-state index contributed by atoms with van der Waals surface area (Å²) >= 11 is 0. The summed E-state index contributed by atoms with van der Waals surface area (Å²) in [7, 11) is 0. The van der Waals surface area contributed by atoms with Crippen molar-refractivity contribution in [2.75, 3.05) is 6.54 Å². The number of benzene rings is 1. The molecule has 1 aliphatic rings. The van der Waals surface area contributed by atoms with Crippen LogP contribution >= 0.6 is 0 Å². The Morgan fingerprint density at radius 1 is 1.21 bits per heavy atom. The minimum atomic E-state index is 0.879. The Hall–Kier alpha value is -1.28. The molecule has 0 saturated heterocycles. The second-order valence-corrected chi connectivity index (χ2v) is 6.05. The van der Waals surface area contributed by atoms with Crippen molar-refractivity contribution in [1.82, 2.24) is 10.3 Å². The summed E-state index contributed by atoms with van der Waals surface area (Å²) in [6.07, 6.45) is 7.69. The monoisotopic (exact) mass is 256 g/mol. The van der Waals surface area contributed by atoms with E-state index in [1.165, 1.54) is 48.7 Å². The Morgan fingerprint density at radius 2 is 2.11 bits per heavy atom. The van der Waals surface area contributed by atoms with Gasteiger partial charge in [-0.25, -0.2) is 0 Å². The molecule has 2 nitrogen and oxygen atoms in total. The van der Waals surface area contributed by atoms with Gasteiger partial charge in [0.2, 0.25) is 0 Å². The normalized spacial score (nSPS) is 23.8. The Balaban J connectivity index is 1.53. The van der Waals surface area contributed by atoms with E-state index in [0.717, 1.165) is 18.4 Å². The summed E-state index contributed by atoms with van der Waals surface area (Å²) in [6, 6.07) is 8.82. The third-order valence-electron chi connectivity index (χ3n) is 4.64. The first-order valence-electron chi connectivity index (χ1n) is 7.59. The molecule has 1 aromatic carbocycles. The highest BCUT2D eigenvalue weighted by atomic mass is 14.9. The van der Waals surface area contributed by atoms with Gasteiger partial charge in [0.15, 0.2) is 0 Å². The maximum atomic E-state index is 3.65. The SMILES string of the molecule is CC1CCCCC1CNCc1ccc2[nH]ccc2c1. The molecule has 0 bridgehead atoms. The lowest BCUT2D eigenvalue weighted by atomic mass is 9.80. The maximum Gasteiger partial charge on any atom is 0.0454 e. The molecule has 0 aliphatic heterocycles. The van der Waals surface area contributed by atoms with Gasteiger partial charge in [0.1, 0.15) is 0 Å². The lowest BCUT2D eigenvalue weighted by Gasteiger charge is -2.28. The van der Waals surface area contributed by atoms with Crippen LogP contribution in [0.4, 0.5) is 0 Å². The summed E-state index contributed by atoms with van der Waals surface area (Å²) < 4.78 is 0. The molecule has 2 heteroatoms. The van der Waals surface area contributed by atoms with E-state index in [9.17, 15) is 0 Å². The van der Waals surface area contributed by atoms with Gasteiger partial charge in [0, 0.05) is 18.3 Å². The molecule has 1 saturated carbocycles. The van der Waals surface area contributed by atoms with Crippen LogP contribution in [0.25, 0.3) is 10.9 Å². The number of hydrogen-bond acceptors (Lipinski definition) is 1. The van der Waals surface area contributed by atoms with Gasteiger partial charge < -0.3 is 10.3 Å². The predicted octanol–water partition coefficient (Wildman–Crippen LogP) is 4.08. The van der Waals surface area contributed by atoms with Crippen molar-refractivity contribution in [3.8, 4) is 0 Å². The van der Waals surface area contributed by atoms with Crippen molar-refractivity contribution in [1.29, 1.82) is 0 Å². The molecule has 0 spiro atoms. The van der Waals surface area contributed by atoms with Gasteiger partial charge >= 0.3 is 0 Å². The molecule has 1 aromatic heterocycles. The van der Waals surface area contributed by atoms with Gasteiger partial charge in [-0.1, -0.05) is 32.3 Å². The van der Waals surface area contributed by atoms with Crippen molar-refractivity contribution in [3.05, 3.63) is 36.0 Å². The lowest BCUT2D eigenvalue weighted by molar-refractivity contribution is 0.247. The van der Waals surface area contributed by atoms with Crippen LogP contribution < -0.4 is 5.32 Å². The first-order valence-corrected chi connectivity index (χ1v) is 7.59. The van der Waals surface area contributed by atoms with Crippen molar-refractivity contribution in [2.24, 2.45) is 11.8 Å². The van der Waals surface area contributed by atoms with Gasteiger partial charge in [0.25, 0.3) is 0 Å². The molecule has 0 radical (unpaired) electrons.